The Labute approximate surface area is 273 Å². The van der Waals surface area contributed by atoms with Crippen molar-refractivity contribution in [2.45, 2.75) is 130 Å². The largest absolute Gasteiger partial charge is 0.494 e. The topological polar surface area (TPSA) is 44.8 Å². The summed E-state index contributed by atoms with van der Waals surface area (Å²) in [7, 11) is 0. The highest BCUT2D eigenvalue weighted by Crippen LogP contribution is 2.26. The van der Waals surface area contributed by atoms with Gasteiger partial charge in [-0.05, 0) is 72.9 Å². The van der Waals surface area contributed by atoms with E-state index in [-0.39, 0.29) is 12.1 Å². The zero-order valence-corrected chi connectivity index (χ0v) is 28.4. The van der Waals surface area contributed by atoms with Crippen molar-refractivity contribution in [3.8, 4) is 22.6 Å². The van der Waals surface area contributed by atoms with Crippen molar-refractivity contribution in [1.82, 2.24) is 0 Å². The monoisotopic (exact) mass is 614 g/mol. The first-order chi connectivity index (χ1) is 22.1. The molecule has 0 aliphatic rings. The van der Waals surface area contributed by atoms with Gasteiger partial charge in [-0.3, -0.25) is 0 Å². The lowest BCUT2D eigenvalue weighted by Crippen LogP contribution is -2.09. The van der Waals surface area contributed by atoms with Crippen LogP contribution in [0.4, 0.5) is 0 Å². The molecular weight excluding hydrogens is 556 g/mol. The van der Waals surface area contributed by atoms with Gasteiger partial charge < -0.3 is 14.2 Å². The summed E-state index contributed by atoms with van der Waals surface area (Å²) in [6.07, 6.45) is 21.2. The third-order valence-corrected chi connectivity index (χ3v) is 8.50. The zero-order chi connectivity index (χ0) is 32.0. The smallest absolute Gasteiger partial charge is 0.343 e. The first kappa shape index (κ1) is 36.4. The van der Waals surface area contributed by atoms with E-state index in [1.807, 2.05) is 60.7 Å². The van der Waals surface area contributed by atoms with Crippen LogP contribution >= 0.6 is 0 Å². The van der Waals surface area contributed by atoms with Crippen LogP contribution in [0.25, 0.3) is 11.1 Å². The average Bonchev–Trinajstić information content (AvgIpc) is 3.07. The lowest BCUT2D eigenvalue weighted by molar-refractivity contribution is 0.0626. The Hall–Kier alpha value is -3.11. The predicted molar refractivity (Wildman–Crippen MR) is 188 cm³/mol. The van der Waals surface area contributed by atoms with Gasteiger partial charge in [-0.25, -0.2) is 4.79 Å². The highest BCUT2D eigenvalue weighted by molar-refractivity contribution is 5.91. The van der Waals surface area contributed by atoms with Gasteiger partial charge in [0.15, 0.2) is 0 Å². The number of esters is 1. The van der Waals surface area contributed by atoms with Gasteiger partial charge >= 0.3 is 5.97 Å². The molecule has 0 aliphatic heterocycles. The third-order valence-electron chi connectivity index (χ3n) is 8.50. The SMILES string of the molecule is CCCCCCCCCCCCCCCCOC(C)c1ccc(C(=O)Oc2ccc(-c3ccc(OCCCC)cc3)cc2)cc1. The second-order valence-corrected chi connectivity index (χ2v) is 12.4. The van der Waals surface area contributed by atoms with Crippen LogP contribution in [-0.4, -0.2) is 19.2 Å². The van der Waals surface area contributed by atoms with Crippen molar-refractivity contribution in [2.75, 3.05) is 13.2 Å². The van der Waals surface area contributed by atoms with Crippen molar-refractivity contribution in [3.05, 3.63) is 83.9 Å². The fourth-order valence-electron chi connectivity index (χ4n) is 5.50. The van der Waals surface area contributed by atoms with Crippen LogP contribution in [0.3, 0.4) is 0 Å². The Kier molecular flexibility index (Phi) is 18.1. The first-order valence-electron chi connectivity index (χ1n) is 17.9. The van der Waals surface area contributed by atoms with E-state index < -0.39 is 0 Å². The van der Waals surface area contributed by atoms with Gasteiger partial charge in [0.05, 0.1) is 18.3 Å². The number of unbranched alkanes of at least 4 members (excludes halogenated alkanes) is 14. The summed E-state index contributed by atoms with van der Waals surface area (Å²) >= 11 is 0. The molecule has 0 fully saturated rings. The Morgan fingerprint density at radius 3 is 1.51 bits per heavy atom. The number of hydrogen-bond acceptors (Lipinski definition) is 4. The van der Waals surface area contributed by atoms with Crippen molar-refractivity contribution in [1.29, 1.82) is 0 Å². The van der Waals surface area contributed by atoms with Crippen LogP contribution in [0, 0.1) is 0 Å². The van der Waals surface area contributed by atoms with Crippen LogP contribution in [0.1, 0.15) is 146 Å². The van der Waals surface area contributed by atoms with E-state index >= 15 is 0 Å². The fraction of sp³-hybridized carbons (Fsp3) is 0.537. The van der Waals surface area contributed by atoms with Gasteiger partial charge in [0.2, 0.25) is 0 Å². The maximum Gasteiger partial charge on any atom is 0.343 e. The molecule has 4 nitrogen and oxygen atoms in total. The first-order valence-corrected chi connectivity index (χ1v) is 17.9. The quantitative estimate of drug-likeness (QED) is 0.0572. The normalized spacial score (nSPS) is 11.8. The number of benzene rings is 3. The maximum absolute atomic E-state index is 12.8. The van der Waals surface area contributed by atoms with Crippen LogP contribution in [0.15, 0.2) is 72.8 Å². The summed E-state index contributed by atoms with van der Waals surface area (Å²) in [5, 5.41) is 0. The van der Waals surface area contributed by atoms with Crippen LogP contribution in [0.5, 0.6) is 11.5 Å². The summed E-state index contributed by atoms with van der Waals surface area (Å²) in [4.78, 5) is 12.8. The van der Waals surface area contributed by atoms with E-state index in [9.17, 15) is 4.79 Å². The molecule has 4 heteroatoms. The number of hydrogen-bond donors (Lipinski definition) is 0. The molecule has 0 aliphatic carbocycles. The highest BCUT2D eigenvalue weighted by atomic mass is 16.5. The van der Waals surface area contributed by atoms with Crippen molar-refractivity contribution in [2.24, 2.45) is 0 Å². The number of carbonyl (C=O) groups is 1. The van der Waals surface area contributed by atoms with Gasteiger partial charge in [-0.2, -0.15) is 0 Å². The predicted octanol–water partition coefficient (Wildman–Crippen LogP) is 12.3. The summed E-state index contributed by atoms with van der Waals surface area (Å²) < 4.78 is 17.5. The van der Waals surface area contributed by atoms with E-state index in [0.717, 1.165) is 54.9 Å². The molecule has 1 atom stereocenters. The molecule has 45 heavy (non-hydrogen) atoms. The number of rotatable bonds is 24. The molecule has 3 aromatic rings. The molecule has 0 N–H and O–H groups in total. The number of carbonyl (C=O) groups excluding carboxylic acids is 1. The number of ether oxygens (including phenoxy) is 3. The van der Waals surface area contributed by atoms with E-state index in [4.69, 9.17) is 14.2 Å². The van der Waals surface area contributed by atoms with Crippen LogP contribution in [0.2, 0.25) is 0 Å². The third kappa shape index (κ3) is 14.7. The Morgan fingerprint density at radius 2 is 1.00 bits per heavy atom. The second kappa shape index (κ2) is 22.4. The molecule has 246 valence electrons. The molecule has 3 aromatic carbocycles. The molecule has 0 saturated carbocycles. The summed E-state index contributed by atoms with van der Waals surface area (Å²) in [5.41, 5.74) is 3.75. The molecule has 0 radical (unpaired) electrons. The summed E-state index contributed by atoms with van der Waals surface area (Å²) in [6.45, 7) is 8.03. The van der Waals surface area contributed by atoms with E-state index in [0.29, 0.717) is 11.3 Å². The molecule has 0 heterocycles. The molecule has 0 saturated heterocycles. The Bertz CT molecular complexity index is 1170. The summed E-state index contributed by atoms with van der Waals surface area (Å²) in [5.74, 6) is 1.05. The standard InChI is InChI=1S/C41H58O4/c1-4-6-8-9-10-11-12-13-14-15-16-17-18-19-33-43-34(3)35-20-22-38(23-21-35)41(42)45-40-30-26-37(27-31-40)36-24-28-39(29-25-36)44-32-7-5-2/h20-31,34H,4-19,32-33H2,1-3H3. The Morgan fingerprint density at radius 1 is 0.533 bits per heavy atom. The summed E-state index contributed by atoms with van der Waals surface area (Å²) in [6, 6.07) is 23.3. The van der Waals surface area contributed by atoms with Crippen LogP contribution in [-0.2, 0) is 4.74 Å². The lowest BCUT2D eigenvalue weighted by atomic mass is 10.0. The van der Waals surface area contributed by atoms with Gasteiger partial charge in [-0.1, -0.05) is 140 Å². The Balaban J connectivity index is 1.27. The molecule has 0 amide bonds. The van der Waals surface area contributed by atoms with Crippen molar-refractivity contribution >= 4 is 5.97 Å². The van der Waals surface area contributed by atoms with Crippen LogP contribution < -0.4 is 9.47 Å². The zero-order valence-electron chi connectivity index (χ0n) is 28.4. The molecule has 0 bridgehead atoms. The van der Waals surface area contributed by atoms with Gasteiger partial charge in [0.1, 0.15) is 11.5 Å². The molecule has 1 unspecified atom stereocenters. The molecular formula is C41H58O4. The van der Waals surface area contributed by atoms with E-state index in [1.54, 1.807) is 0 Å². The minimum absolute atomic E-state index is 0.00144. The van der Waals surface area contributed by atoms with Gasteiger partial charge in [0.25, 0.3) is 0 Å². The van der Waals surface area contributed by atoms with Crippen molar-refractivity contribution < 1.29 is 19.0 Å². The van der Waals surface area contributed by atoms with E-state index in [2.05, 4.69) is 32.9 Å². The molecule has 0 spiro atoms. The van der Waals surface area contributed by atoms with E-state index in [1.165, 1.54) is 83.5 Å². The van der Waals surface area contributed by atoms with Gasteiger partial charge in [-0.15, -0.1) is 0 Å². The highest BCUT2D eigenvalue weighted by Gasteiger charge is 2.11. The lowest BCUT2D eigenvalue weighted by Gasteiger charge is -2.14. The maximum atomic E-state index is 12.8. The molecule has 3 rings (SSSR count). The average molecular weight is 615 g/mol. The van der Waals surface area contributed by atoms with Crippen molar-refractivity contribution in [3.63, 3.8) is 0 Å². The van der Waals surface area contributed by atoms with Gasteiger partial charge in [0, 0.05) is 6.61 Å². The minimum atomic E-state index is -0.362. The fourth-order valence-corrected chi connectivity index (χ4v) is 5.50. The molecule has 0 aromatic heterocycles. The second-order valence-electron chi connectivity index (χ2n) is 12.4. The minimum Gasteiger partial charge on any atom is -0.494 e.